The quantitative estimate of drug-likeness (QED) is 0.0452. The average Bonchev–Trinajstić information content (AvgIpc) is 1.53. The zero-order valence-electron chi connectivity index (χ0n) is 52.5. The van der Waals surface area contributed by atoms with Crippen LogP contribution in [0, 0.1) is 22.7 Å². The molecule has 6 aromatic carbocycles. The monoisotopic (exact) mass is 1350 g/mol. The van der Waals surface area contributed by atoms with Gasteiger partial charge in [-0.05, 0) is 98.2 Å². The number of allylic oxidation sites excluding steroid dienone is 6. The standard InChI is InChI=1S/C73H60B2F3N7O9S3/c1-91-55-37-39-61-59(43-55)81-71(95-61)57(45-79)69-65-66(68(48-31-35-54(36-32-48)94-42-18-16-28-64(87)88)85(69)75(51-23-11-5-12-24-51)52-25-13-6-14-26-52)70(58(46-80)72-82-60-44-56(92-2)38-40-62(60)96-72)84(74(49-19-7-3-8-20-49)50-21-9-4-10-22-50)67(65)47-29-33-53(34-30-47)93-41-17-15-27-63(86)83-97(89,90)73(76,77)78/h3-14,19-26,29,31,33-40,43-44H,15-18,27-28,30,32,41-42H2,1-2H3,(H,83,86)(H,87,88)/b67-47?,68-48?,69-57-,70-58-. The molecule has 2 N–H and O–H groups in total. The number of hydrogen-bond donors (Lipinski definition) is 2. The number of aliphatic carboxylic acids is 1. The van der Waals surface area contributed by atoms with Crippen LogP contribution in [0.4, 0.5) is 13.2 Å². The predicted octanol–water partition coefficient (Wildman–Crippen LogP) is 8.85. The van der Waals surface area contributed by atoms with Gasteiger partial charge in [0, 0.05) is 46.4 Å². The van der Waals surface area contributed by atoms with E-state index in [0.29, 0.717) is 95.5 Å². The highest BCUT2D eigenvalue weighted by Crippen LogP contribution is 2.32. The van der Waals surface area contributed by atoms with Crippen molar-refractivity contribution in [2.45, 2.75) is 56.9 Å². The minimum absolute atomic E-state index is 0.0110. The molecule has 0 aliphatic heterocycles. The van der Waals surface area contributed by atoms with E-state index in [2.05, 4.69) is 69.6 Å². The molecule has 0 radical (unpaired) electrons. The largest absolute Gasteiger partial charge is 0.516 e. The van der Waals surface area contributed by atoms with E-state index in [-0.39, 0.29) is 50.0 Å². The molecular weight excluding hydrogens is 1290 g/mol. The first-order chi connectivity index (χ1) is 47.1. The van der Waals surface area contributed by atoms with Crippen LogP contribution in [-0.2, 0) is 29.1 Å². The van der Waals surface area contributed by atoms with Crippen molar-refractivity contribution in [1.29, 1.82) is 10.5 Å². The van der Waals surface area contributed by atoms with E-state index in [9.17, 15) is 46.8 Å². The average molecular weight is 1350 g/mol. The fourth-order valence-electron chi connectivity index (χ4n) is 12.3. The van der Waals surface area contributed by atoms with Gasteiger partial charge in [0.2, 0.25) is 5.91 Å². The Morgan fingerprint density at radius 3 is 1.32 bits per heavy atom. The summed E-state index contributed by atoms with van der Waals surface area (Å²) in [5.74, 6) is -0.00152. The summed E-state index contributed by atoms with van der Waals surface area (Å²) in [7, 11) is -2.70. The SMILES string of the molecule is COc1ccc2sc(/C(C#N)=c3/c4c(=C5C=CC(OCCCCC(=O)NS(=O)(=O)C(F)(F)F)=CC5)n(B(c5ccccc5)c5ccccc5)/c(=C(/C#N)c5nc6cc(OC)ccc6s5)c4c(=C4C=CC(OCCCCC(=O)O)=CC4)n3B(c3ccccc3)c3ccccc3)nc2c1. The third-order valence-electron chi connectivity index (χ3n) is 16.7. The molecule has 4 aromatic heterocycles. The molecule has 0 fully saturated rings. The number of alkyl halides is 3. The second-order valence-corrected chi connectivity index (χ2v) is 26.6. The number of carbonyl (C=O) groups is 2. The Hall–Kier alpha value is -10.7. The highest BCUT2D eigenvalue weighted by molar-refractivity contribution is 7.90. The number of carbonyl (C=O) groups excluding carboxylic acids is 1. The van der Waals surface area contributed by atoms with Gasteiger partial charge in [-0.15, -0.1) is 22.7 Å². The van der Waals surface area contributed by atoms with Gasteiger partial charge in [-0.25, -0.2) is 14.7 Å². The lowest BCUT2D eigenvalue weighted by Crippen LogP contribution is -2.59. The smallest absolute Gasteiger partial charge is 0.497 e. The third-order valence-corrected chi connectivity index (χ3v) is 19.9. The number of amides is 1. The van der Waals surface area contributed by atoms with E-state index in [1.807, 2.05) is 140 Å². The van der Waals surface area contributed by atoms with E-state index in [4.69, 9.17) is 28.9 Å². The molecule has 0 saturated heterocycles. The highest BCUT2D eigenvalue weighted by atomic mass is 32.2. The maximum absolute atomic E-state index is 13.1. The van der Waals surface area contributed by atoms with Crippen LogP contribution in [-0.4, -0.2) is 91.0 Å². The number of aromatic nitrogens is 4. The summed E-state index contributed by atoms with van der Waals surface area (Å²) >= 11 is 2.72. The molecule has 486 valence electrons. The van der Waals surface area contributed by atoms with Crippen molar-refractivity contribution < 1.29 is 55.2 Å². The van der Waals surface area contributed by atoms with Gasteiger partial charge < -0.3 is 33.0 Å². The maximum Gasteiger partial charge on any atom is 0.516 e. The number of rotatable bonds is 23. The van der Waals surface area contributed by atoms with Crippen LogP contribution in [0.5, 0.6) is 11.5 Å². The fourth-order valence-corrected chi connectivity index (χ4v) is 14.7. The summed E-state index contributed by atoms with van der Waals surface area (Å²) in [6.07, 6.45) is 12.7. The van der Waals surface area contributed by atoms with Crippen LogP contribution in [0.25, 0.3) is 53.5 Å². The molecular formula is C73H60B2F3N7O9S3. The van der Waals surface area contributed by atoms with Crippen molar-refractivity contribution in [2.24, 2.45) is 0 Å². The van der Waals surface area contributed by atoms with E-state index in [1.54, 1.807) is 20.3 Å². The summed E-state index contributed by atoms with van der Waals surface area (Å²) in [6.45, 7) is -1.08. The van der Waals surface area contributed by atoms with Gasteiger partial charge in [-0.2, -0.15) is 32.1 Å². The molecule has 16 nitrogen and oxygen atoms in total. The zero-order valence-corrected chi connectivity index (χ0v) is 54.9. The number of sulfonamides is 1. The van der Waals surface area contributed by atoms with Crippen molar-refractivity contribution in [1.82, 2.24) is 23.6 Å². The predicted molar refractivity (Wildman–Crippen MR) is 374 cm³/mol. The maximum atomic E-state index is 13.1. The van der Waals surface area contributed by atoms with Crippen LogP contribution in [0.2, 0.25) is 0 Å². The van der Waals surface area contributed by atoms with Crippen molar-refractivity contribution in [3.8, 4) is 23.6 Å². The van der Waals surface area contributed by atoms with Gasteiger partial charge in [0.05, 0.1) is 58.6 Å². The van der Waals surface area contributed by atoms with Gasteiger partial charge >= 0.3 is 35.2 Å². The number of carboxylic acids is 1. The Morgan fingerprint density at radius 2 is 0.979 bits per heavy atom. The molecule has 0 saturated carbocycles. The molecule has 0 unspecified atom stereocenters. The highest BCUT2D eigenvalue weighted by Gasteiger charge is 2.47. The number of carboxylic acid groups (broad SMARTS) is 1. The Kier molecular flexibility index (Phi) is 19.9. The zero-order chi connectivity index (χ0) is 67.8. The summed E-state index contributed by atoms with van der Waals surface area (Å²) in [6, 6.07) is 56.8. The molecule has 10 aromatic rings. The molecule has 97 heavy (non-hydrogen) atoms. The second kappa shape index (κ2) is 29.1. The number of nitrogens with one attached hydrogen (secondary N) is 1. The lowest BCUT2D eigenvalue weighted by Gasteiger charge is -2.22. The Balaban J connectivity index is 1.25. The van der Waals surface area contributed by atoms with E-state index >= 15 is 0 Å². The minimum atomic E-state index is -5.87. The van der Waals surface area contributed by atoms with Crippen molar-refractivity contribution in [3.05, 3.63) is 237 Å². The molecule has 1 amide bonds. The van der Waals surface area contributed by atoms with E-state index in [0.717, 1.165) is 47.1 Å². The number of nitriles is 2. The van der Waals surface area contributed by atoms with Crippen molar-refractivity contribution >= 4 is 134 Å². The second-order valence-electron chi connectivity index (χ2n) is 22.8. The van der Waals surface area contributed by atoms with Gasteiger partial charge in [0.25, 0.3) is 0 Å². The summed E-state index contributed by atoms with van der Waals surface area (Å²) in [5, 5.41) is 38.7. The molecule has 2 aliphatic rings. The fraction of sp³-hybridized carbons (Fsp3) is 0.178. The first-order valence-corrected chi connectivity index (χ1v) is 34.2. The number of benzene rings is 6. The lowest BCUT2D eigenvalue weighted by molar-refractivity contribution is -0.137. The van der Waals surface area contributed by atoms with Crippen LogP contribution < -0.4 is 57.4 Å². The minimum Gasteiger partial charge on any atom is -0.497 e. The third kappa shape index (κ3) is 14.1. The van der Waals surface area contributed by atoms with Gasteiger partial charge in [-0.3, -0.25) is 9.59 Å². The normalized spacial score (nSPS) is 14.9. The molecule has 24 heteroatoms. The molecule has 0 bridgehead atoms. The van der Waals surface area contributed by atoms with Crippen LogP contribution in [0.15, 0.2) is 206 Å². The number of fused-ring (bicyclic) bond motifs is 3. The molecule has 0 spiro atoms. The van der Waals surface area contributed by atoms with Crippen LogP contribution in [0.3, 0.4) is 0 Å². The number of unbranched alkanes of at least 4 members (excludes halogenated alkanes) is 2. The molecule has 0 atom stereocenters. The topological polar surface area (TPSA) is 221 Å². The van der Waals surface area contributed by atoms with Crippen LogP contribution >= 0.6 is 22.7 Å². The summed E-state index contributed by atoms with van der Waals surface area (Å²) in [5.41, 5.74) is 1.01. The van der Waals surface area contributed by atoms with Gasteiger partial charge in [0.15, 0.2) is 0 Å². The number of ether oxygens (including phenoxy) is 4. The Bertz CT molecular complexity index is 5110. The van der Waals surface area contributed by atoms with E-state index < -0.39 is 47.5 Å². The van der Waals surface area contributed by atoms with E-state index in [1.165, 1.54) is 22.7 Å². The first kappa shape index (κ1) is 66.4. The Labute approximate surface area is 564 Å². The lowest BCUT2D eigenvalue weighted by atomic mass is 9.50. The van der Waals surface area contributed by atoms with Crippen molar-refractivity contribution in [3.63, 3.8) is 0 Å². The Morgan fingerprint density at radius 1 is 0.588 bits per heavy atom. The first-order valence-electron chi connectivity index (χ1n) is 31.1. The van der Waals surface area contributed by atoms with Crippen molar-refractivity contribution in [2.75, 3.05) is 27.4 Å². The number of halogens is 3. The summed E-state index contributed by atoms with van der Waals surface area (Å²) < 4.78 is 93.8. The number of nitrogens with zero attached hydrogens (tertiary/aromatic N) is 6. The molecule has 12 rings (SSSR count). The van der Waals surface area contributed by atoms with Crippen LogP contribution in [0.1, 0.15) is 61.4 Å². The summed E-state index contributed by atoms with van der Waals surface area (Å²) in [4.78, 5) is 34.4. The molecule has 4 heterocycles. The molecule has 2 aliphatic carbocycles. The van der Waals surface area contributed by atoms with Gasteiger partial charge in [0.1, 0.15) is 56.3 Å². The van der Waals surface area contributed by atoms with Gasteiger partial charge in [-0.1, -0.05) is 155 Å². The number of thiazole rings is 2. The number of methoxy groups -OCH3 is 2. The number of hydrogen-bond acceptors (Lipinski definition) is 14.